The van der Waals surface area contributed by atoms with E-state index >= 15 is 0 Å². The molecule has 1 N–H and O–H groups in total. The topological polar surface area (TPSA) is 153 Å². The number of nitrogens with one attached hydrogen (secondary N) is 1. The number of hydrogen-bond acceptors (Lipinski definition) is 11. The SMILES string of the molecule is Cc1ccc(S(=O)(=O)OCCOCCOCCOCCCC(=O)[C@@H]2Cc3ccc(cc3)OCCC[C@H](C(=O)OC(C)(C)C)[C@@H](CC(C)C)C(=O)N2)cc1. The summed E-state index contributed by atoms with van der Waals surface area (Å²) in [5, 5.41) is 3.03. The number of esters is 1. The molecule has 0 aromatic heterocycles. The number of rotatable bonds is 19. The minimum absolute atomic E-state index is 0.100. The summed E-state index contributed by atoms with van der Waals surface area (Å²) in [6, 6.07) is 13.2. The molecule has 0 aliphatic carbocycles. The number of ketones is 1. The molecular weight excluding hydrogens is 703 g/mol. The molecule has 2 aliphatic heterocycles. The largest absolute Gasteiger partial charge is 0.494 e. The molecule has 12 nitrogen and oxygen atoms in total. The number of carbonyl (C=O) groups is 3. The van der Waals surface area contributed by atoms with Crippen LogP contribution in [-0.2, 0) is 54.1 Å². The first-order valence-electron chi connectivity index (χ1n) is 18.6. The van der Waals surface area contributed by atoms with Crippen molar-refractivity contribution < 1.29 is 50.7 Å². The van der Waals surface area contributed by atoms with Gasteiger partial charge in [-0.3, -0.25) is 18.6 Å². The molecule has 3 atom stereocenters. The number of fused-ring (bicyclic) bond motifs is 11. The summed E-state index contributed by atoms with van der Waals surface area (Å²) in [6.45, 7) is 13.3. The Kier molecular flexibility index (Phi) is 18.4. The Bertz CT molecular complexity index is 1520. The first-order chi connectivity index (χ1) is 25.1. The molecule has 1 amide bonds. The van der Waals surface area contributed by atoms with Crippen LogP contribution in [0.15, 0.2) is 53.4 Å². The van der Waals surface area contributed by atoms with Crippen LogP contribution in [0.25, 0.3) is 0 Å². The molecule has 0 spiro atoms. The van der Waals surface area contributed by atoms with Gasteiger partial charge in [0, 0.05) is 13.0 Å². The molecule has 2 heterocycles. The van der Waals surface area contributed by atoms with E-state index in [9.17, 15) is 22.8 Å². The zero-order valence-corrected chi connectivity index (χ0v) is 33.0. The van der Waals surface area contributed by atoms with Gasteiger partial charge in [0.25, 0.3) is 10.1 Å². The Hall–Kier alpha value is -3.36. The third-order valence-corrected chi connectivity index (χ3v) is 9.81. The van der Waals surface area contributed by atoms with Crippen LogP contribution < -0.4 is 10.1 Å². The van der Waals surface area contributed by atoms with Crippen molar-refractivity contribution in [2.45, 2.75) is 96.6 Å². The van der Waals surface area contributed by atoms with Gasteiger partial charge in [-0.05, 0) is 95.5 Å². The number of amides is 1. The Morgan fingerprint density at radius 3 is 2.09 bits per heavy atom. The van der Waals surface area contributed by atoms with Crippen molar-refractivity contribution in [3.63, 3.8) is 0 Å². The first kappa shape index (κ1) is 44.0. The zero-order chi connectivity index (χ0) is 38.9. The molecule has 2 aliphatic rings. The second-order valence-electron chi connectivity index (χ2n) is 14.8. The van der Waals surface area contributed by atoms with E-state index in [0.717, 1.165) is 11.1 Å². The number of ether oxygens (including phenoxy) is 5. The van der Waals surface area contributed by atoms with Crippen LogP contribution in [0.4, 0.5) is 0 Å². The van der Waals surface area contributed by atoms with Crippen molar-refractivity contribution in [2.24, 2.45) is 17.8 Å². The fourth-order valence-corrected chi connectivity index (χ4v) is 6.73. The van der Waals surface area contributed by atoms with Crippen LogP contribution in [0.2, 0.25) is 0 Å². The van der Waals surface area contributed by atoms with Gasteiger partial charge in [-0.1, -0.05) is 43.7 Å². The summed E-state index contributed by atoms with van der Waals surface area (Å²) in [5.74, 6) is -1.35. The molecule has 0 saturated heterocycles. The van der Waals surface area contributed by atoms with Gasteiger partial charge in [0.15, 0.2) is 5.78 Å². The van der Waals surface area contributed by atoms with E-state index in [4.69, 9.17) is 27.9 Å². The van der Waals surface area contributed by atoms with Gasteiger partial charge in [0.2, 0.25) is 5.91 Å². The summed E-state index contributed by atoms with van der Waals surface area (Å²) < 4.78 is 57.7. The normalized spacial score (nSPS) is 18.6. The second-order valence-corrected chi connectivity index (χ2v) is 16.4. The Morgan fingerprint density at radius 1 is 0.887 bits per heavy atom. The van der Waals surface area contributed by atoms with Crippen molar-refractivity contribution in [3.05, 3.63) is 59.7 Å². The molecule has 2 aromatic rings. The summed E-state index contributed by atoms with van der Waals surface area (Å²) in [7, 11) is -3.83. The summed E-state index contributed by atoms with van der Waals surface area (Å²) in [5.41, 5.74) is 1.13. The minimum Gasteiger partial charge on any atom is -0.494 e. The summed E-state index contributed by atoms with van der Waals surface area (Å²) >= 11 is 0. The van der Waals surface area contributed by atoms with Crippen molar-refractivity contribution in [1.29, 1.82) is 0 Å². The predicted octanol–water partition coefficient (Wildman–Crippen LogP) is 5.62. The lowest BCUT2D eigenvalue weighted by molar-refractivity contribution is -0.164. The molecule has 2 bridgehead atoms. The monoisotopic (exact) mass is 761 g/mol. The Morgan fingerprint density at radius 2 is 1.49 bits per heavy atom. The average Bonchev–Trinajstić information content (AvgIpc) is 3.08. The molecule has 0 fully saturated rings. The maximum absolute atomic E-state index is 14.0. The quantitative estimate of drug-likeness (QED) is 0.108. The predicted molar refractivity (Wildman–Crippen MR) is 200 cm³/mol. The number of hydrogen-bond donors (Lipinski definition) is 1. The Labute approximate surface area is 315 Å². The molecule has 53 heavy (non-hydrogen) atoms. The van der Waals surface area contributed by atoms with E-state index in [0.29, 0.717) is 70.9 Å². The molecule has 13 heteroatoms. The van der Waals surface area contributed by atoms with Gasteiger partial charge >= 0.3 is 5.97 Å². The molecular formula is C40H59NO11S. The fourth-order valence-electron chi connectivity index (χ4n) is 5.84. The lowest BCUT2D eigenvalue weighted by Crippen LogP contribution is -2.48. The van der Waals surface area contributed by atoms with E-state index in [-0.39, 0.29) is 48.7 Å². The van der Waals surface area contributed by atoms with Gasteiger partial charge in [-0.15, -0.1) is 0 Å². The third-order valence-electron chi connectivity index (χ3n) is 8.49. The summed E-state index contributed by atoms with van der Waals surface area (Å²) in [4.78, 5) is 41.1. The first-order valence-corrected chi connectivity index (χ1v) is 20.0. The van der Waals surface area contributed by atoms with E-state index < -0.39 is 39.6 Å². The highest BCUT2D eigenvalue weighted by Crippen LogP contribution is 2.29. The van der Waals surface area contributed by atoms with Crippen molar-refractivity contribution in [3.8, 4) is 5.75 Å². The molecule has 0 saturated carbocycles. The standard InChI is InChI=1S/C40H59NO11S/c1-29(2)27-35-34(39(44)52-40(4,5)6)9-7-20-50-32-15-13-31(14-16-32)28-36(41-38(35)43)37(42)10-8-19-47-21-22-48-23-24-49-25-26-51-53(45,46)33-17-11-30(3)12-18-33/h11-18,29,34-36H,7-10,19-28H2,1-6H3,(H,41,43)/t34-,35+,36-/m0/s1. The van der Waals surface area contributed by atoms with Gasteiger partial charge in [0.1, 0.15) is 11.4 Å². The molecule has 4 rings (SSSR count). The third kappa shape index (κ3) is 16.7. The number of aryl methyl sites for hydroxylation is 1. The lowest BCUT2D eigenvalue weighted by Gasteiger charge is -2.31. The molecule has 2 aromatic carbocycles. The van der Waals surface area contributed by atoms with Gasteiger partial charge < -0.3 is 29.0 Å². The van der Waals surface area contributed by atoms with Crippen LogP contribution in [-0.4, -0.2) is 90.6 Å². The maximum Gasteiger partial charge on any atom is 0.310 e. The minimum atomic E-state index is -3.83. The van der Waals surface area contributed by atoms with E-state index in [1.165, 1.54) is 12.1 Å². The zero-order valence-electron chi connectivity index (χ0n) is 32.2. The fraction of sp³-hybridized carbons (Fsp3) is 0.625. The van der Waals surface area contributed by atoms with Crippen molar-refractivity contribution in [1.82, 2.24) is 5.32 Å². The van der Waals surface area contributed by atoms with Crippen LogP contribution in [0, 0.1) is 24.7 Å². The van der Waals surface area contributed by atoms with Gasteiger partial charge in [-0.25, -0.2) is 0 Å². The highest BCUT2D eigenvalue weighted by Gasteiger charge is 2.38. The van der Waals surface area contributed by atoms with E-state index in [2.05, 4.69) is 5.32 Å². The van der Waals surface area contributed by atoms with Crippen LogP contribution in [0.5, 0.6) is 5.75 Å². The number of benzene rings is 2. The highest BCUT2D eigenvalue weighted by molar-refractivity contribution is 7.86. The molecule has 296 valence electrons. The average molecular weight is 762 g/mol. The number of carbonyl (C=O) groups excluding carboxylic acids is 3. The van der Waals surface area contributed by atoms with Crippen LogP contribution >= 0.6 is 0 Å². The van der Waals surface area contributed by atoms with Gasteiger partial charge in [0.05, 0.1) is 69.0 Å². The molecule has 0 unspecified atom stereocenters. The van der Waals surface area contributed by atoms with Gasteiger partial charge in [-0.2, -0.15) is 8.42 Å². The van der Waals surface area contributed by atoms with Crippen LogP contribution in [0.3, 0.4) is 0 Å². The van der Waals surface area contributed by atoms with Crippen LogP contribution in [0.1, 0.15) is 77.8 Å². The molecule has 0 radical (unpaired) electrons. The highest BCUT2D eigenvalue weighted by atomic mass is 32.2. The van der Waals surface area contributed by atoms with E-state index in [1.54, 1.807) is 12.1 Å². The summed E-state index contributed by atoms with van der Waals surface area (Å²) in [6.07, 6.45) is 2.42. The second kappa shape index (κ2) is 22.1. The van der Waals surface area contributed by atoms with E-state index in [1.807, 2.05) is 65.8 Å². The maximum atomic E-state index is 14.0. The van der Waals surface area contributed by atoms with Crippen molar-refractivity contribution >= 4 is 27.8 Å². The lowest BCUT2D eigenvalue weighted by atomic mass is 9.81. The number of Topliss-reactive ketones (excluding diaryl/α,β-unsaturated/α-hetero) is 1. The Balaban J connectivity index is 1.44. The smallest absolute Gasteiger partial charge is 0.310 e. The van der Waals surface area contributed by atoms with Crippen molar-refractivity contribution in [2.75, 3.05) is 52.9 Å².